The third-order valence-electron chi connectivity index (χ3n) is 13.6. The van der Waals surface area contributed by atoms with Crippen LogP contribution in [0.3, 0.4) is 0 Å². The lowest BCUT2D eigenvalue weighted by atomic mass is 9.80. The number of carbonyl (C=O) groups is 3. The number of piperidine rings is 4. The summed E-state index contributed by atoms with van der Waals surface area (Å²) in [5.74, 6) is -0.471. The maximum absolute atomic E-state index is 16.4. The monoisotopic (exact) mass is 885 g/mol. The molecule has 0 spiro atoms. The standard InChI is InChI=1S/C45H56FN9O5S2/c1-3-36(62(48,59)60)33-5-4-6-34(38(33)46)39-40(35-13-20-49-44(47)50-35)61-43(52-39)45(2)18-25-55(26-19-45)42(58)30-16-21-53(22-17-30)27-28-14-23-54(24-15-28)31-9-7-29(8-10-31)32-11-12-37(56)51-41(32)57/h4-10,13,20,28,30,32,36H,3,11-12,14-19,21-27H2,1-2H3,(H2,47,49,50)(H2,48,59,60)(H,51,56,57). The Morgan fingerprint density at radius 1 is 0.968 bits per heavy atom. The molecule has 17 heteroatoms. The van der Waals surface area contributed by atoms with Gasteiger partial charge in [-0.15, -0.1) is 11.3 Å². The van der Waals surface area contributed by atoms with Crippen LogP contribution in [-0.2, 0) is 29.8 Å². The number of nitrogens with one attached hydrogen (secondary N) is 1. The van der Waals surface area contributed by atoms with Crippen molar-refractivity contribution in [3.05, 3.63) is 76.7 Å². The Kier molecular flexibility index (Phi) is 12.8. The number of aromatic nitrogens is 3. The Labute approximate surface area is 366 Å². The van der Waals surface area contributed by atoms with E-state index in [4.69, 9.17) is 15.9 Å². The highest BCUT2D eigenvalue weighted by molar-refractivity contribution is 7.89. The number of imide groups is 1. The van der Waals surface area contributed by atoms with Gasteiger partial charge < -0.3 is 20.4 Å². The topological polar surface area (TPSA) is 198 Å². The Hall–Kier alpha value is -4.84. The minimum absolute atomic E-state index is 0.00132. The number of likely N-dealkylation sites (tertiary alicyclic amines) is 2. The molecule has 4 saturated heterocycles. The van der Waals surface area contributed by atoms with Crippen molar-refractivity contribution < 1.29 is 27.2 Å². The number of carbonyl (C=O) groups excluding carboxylic acids is 3. The van der Waals surface area contributed by atoms with Crippen molar-refractivity contribution in [2.24, 2.45) is 17.0 Å². The Balaban J connectivity index is 0.855. The number of nitrogens with two attached hydrogens (primary N) is 2. The van der Waals surface area contributed by atoms with Gasteiger partial charge in [-0.3, -0.25) is 19.7 Å². The first kappa shape index (κ1) is 43.8. The first-order valence-electron chi connectivity index (χ1n) is 21.8. The number of amides is 3. The molecule has 5 N–H and O–H groups in total. The molecular weight excluding hydrogens is 830 g/mol. The number of nitrogens with zero attached hydrogens (tertiary/aromatic N) is 6. The minimum Gasteiger partial charge on any atom is -0.372 e. The second-order valence-electron chi connectivity index (χ2n) is 17.7. The molecule has 330 valence electrons. The van der Waals surface area contributed by atoms with E-state index in [1.54, 1.807) is 25.1 Å². The largest absolute Gasteiger partial charge is 0.372 e. The van der Waals surface area contributed by atoms with Gasteiger partial charge in [-0.1, -0.05) is 38.1 Å². The summed E-state index contributed by atoms with van der Waals surface area (Å²) < 4.78 is 41.2. The van der Waals surface area contributed by atoms with Crippen LogP contribution in [0.25, 0.3) is 21.8 Å². The number of benzene rings is 2. The van der Waals surface area contributed by atoms with Gasteiger partial charge in [0.15, 0.2) is 0 Å². The van der Waals surface area contributed by atoms with Crippen LogP contribution < -0.4 is 21.1 Å². The third kappa shape index (κ3) is 9.26. The maximum Gasteiger partial charge on any atom is 0.234 e. The van der Waals surface area contributed by atoms with E-state index in [0.717, 1.165) is 74.7 Å². The van der Waals surface area contributed by atoms with Crippen LogP contribution in [-0.4, -0.2) is 96.7 Å². The molecule has 0 saturated carbocycles. The van der Waals surface area contributed by atoms with Crippen LogP contribution in [0, 0.1) is 17.7 Å². The van der Waals surface area contributed by atoms with Crippen LogP contribution in [0.4, 0.5) is 16.0 Å². The molecule has 62 heavy (non-hydrogen) atoms. The van der Waals surface area contributed by atoms with Gasteiger partial charge in [0.25, 0.3) is 0 Å². The Morgan fingerprint density at radius 2 is 1.68 bits per heavy atom. The van der Waals surface area contributed by atoms with Crippen molar-refractivity contribution in [3.8, 4) is 21.8 Å². The minimum atomic E-state index is -4.07. The summed E-state index contributed by atoms with van der Waals surface area (Å²) in [6.07, 6.45) is 7.86. The van der Waals surface area contributed by atoms with Gasteiger partial charge in [0.2, 0.25) is 33.7 Å². The summed E-state index contributed by atoms with van der Waals surface area (Å²) in [6.45, 7) is 9.81. The van der Waals surface area contributed by atoms with E-state index in [1.807, 2.05) is 17.0 Å². The number of hydrogen-bond donors (Lipinski definition) is 3. The zero-order valence-corrected chi connectivity index (χ0v) is 37.0. The second kappa shape index (κ2) is 18.1. The van der Waals surface area contributed by atoms with Crippen molar-refractivity contribution >= 4 is 50.7 Å². The number of anilines is 2. The molecule has 14 nitrogen and oxygen atoms in total. The highest BCUT2D eigenvalue weighted by atomic mass is 32.2. The zero-order chi connectivity index (χ0) is 43.8. The second-order valence-corrected chi connectivity index (χ2v) is 20.4. The van der Waals surface area contributed by atoms with Gasteiger partial charge in [-0.25, -0.2) is 32.9 Å². The number of sulfonamides is 1. The summed E-state index contributed by atoms with van der Waals surface area (Å²) >= 11 is 1.41. The number of rotatable bonds is 11. The van der Waals surface area contributed by atoms with Crippen molar-refractivity contribution in [3.63, 3.8) is 0 Å². The molecule has 6 heterocycles. The zero-order valence-electron chi connectivity index (χ0n) is 35.4. The van der Waals surface area contributed by atoms with E-state index < -0.39 is 26.5 Å². The fourth-order valence-corrected chi connectivity index (χ4v) is 12.0. The predicted molar refractivity (Wildman–Crippen MR) is 238 cm³/mol. The van der Waals surface area contributed by atoms with E-state index in [1.165, 1.54) is 23.6 Å². The summed E-state index contributed by atoms with van der Waals surface area (Å²) in [5, 5.41) is 7.55. The molecule has 4 aliphatic rings. The normalized spacial score (nSPS) is 21.2. The highest BCUT2D eigenvalue weighted by Crippen LogP contribution is 2.46. The van der Waals surface area contributed by atoms with Gasteiger partial charge in [0, 0.05) is 73.5 Å². The number of thiazole rings is 1. The number of primary sulfonamides is 1. The molecule has 0 bridgehead atoms. The smallest absolute Gasteiger partial charge is 0.234 e. The van der Waals surface area contributed by atoms with E-state index >= 15 is 4.39 Å². The molecule has 3 amide bonds. The van der Waals surface area contributed by atoms with Gasteiger partial charge in [0.1, 0.15) is 11.1 Å². The highest BCUT2D eigenvalue weighted by Gasteiger charge is 2.40. The van der Waals surface area contributed by atoms with Crippen molar-refractivity contribution in [1.29, 1.82) is 0 Å². The van der Waals surface area contributed by atoms with Crippen LogP contribution in [0.2, 0.25) is 0 Å². The van der Waals surface area contributed by atoms with E-state index in [0.29, 0.717) is 61.0 Å². The molecule has 2 unspecified atom stereocenters. The molecule has 4 aromatic rings. The molecule has 4 aliphatic heterocycles. The van der Waals surface area contributed by atoms with E-state index in [2.05, 4.69) is 44.1 Å². The van der Waals surface area contributed by atoms with Crippen LogP contribution in [0.5, 0.6) is 0 Å². The van der Waals surface area contributed by atoms with Crippen LogP contribution in [0.1, 0.15) is 98.9 Å². The van der Waals surface area contributed by atoms with E-state index in [9.17, 15) is 22.8 Å². The third-order valence-corrected chi connectivity index (χ3v) is 16.4. The molecule has 2 aromatic heterocycles. The summed E-state index contributed by atoms with van der Waals surface area (Å²) in [7, 11) is -4.07. The van der Waals surface area contributed by atoms with Crippen molar-refractivity contribution in [2.75, 3.05) is 56.4 Å². The number of hydrogen-bond acceptors (Lipinski definition) is 12. The van der Waals surface area contributed by atoms with Gasteiger partial charge >= 0.3 is 0 Å². The lowest BCUT2D eigenvalue weighted by molar-refractivity contribution is -0.139. The van der Waals surface area contributed by atoms with Gasteiger partial charge in [-0.05, 0) is 100 Å². The average Bonchev–Trinajstić information content (AvgIpc) is 3.71. The molecule has 8 rings (SSSR count). The summed E-state index contributed by atoms with van der Waals surface area (Å²) in [5.41, 5.74) is 8.68. The summed E-state index contributed by atoms with van der Waals surface area (Å²) in [4.78, 5) is 58.9. The Morgan fingerprint density at radius 3 is 2.32 bits per heavy atom. The SMILES string of the molecule is CCC(c1cccc(-c2nc(C3(C)CCN(C(=O)C4CCN(CC5CCN(c6ccc(C7CCC(=O)NC7=O)cc6)CC5)CC4)CC3)sc2-c2ccnc(N)n2)c1F)S(N)(=O)=O. The predicted octanol–water partition coefficient (Wildman–Crippen LogP) is 5.76. The van der Waals surface area contributed by atoms with Crippen LogP contribution >= 0.6 is 11.3 Å². The first-order valence-corrected chi connectivity index (χ1v) is 24.2. The van der Waals surface area contributed by atoms with E-state index in [-0.39, 0.29) is 53.1 Å². The fourth-order valence-electron chi connectivity index (χ4n) is 9.77. The lowest BCUT2D eigenvalue weighted by Crippen LogP contribution is -2.48. The molecule has 2 aromatic carbocycles. The van der Waals surface area contributed by atoms with Crippen molar-refractivity contribution in [2.45, 2.75) is 88.2 Å². The van der Waals surface area contributed by atoms with Gasteiger partial charge in [-0.2, -0.15) is 0 Å². The van der Waals surface area contributed by atoms with Gasteiger partial charge in [0.05, 0.1) is 27.2 Å². The quantitative estimate of drug-likeness (QED) is 0.155. The Bertz CT molecular complexity index is 2410. The molecular formula is C45H56FN9O5S2. The number of halogens is 1. The molecule has 0 aliphatic carbocycles. The fraction of sp³-hybridized carbons (Fsp3) is 0.511. The maximum atomic E-state index is 16.4. The van der Waals surface area contributed by atoms with Crippen LogP contribution in [0.15, 0.2) is 54.7 Å². The molecule has 4 fully saturated rings. The molecule has 0 radical (unpaired) electrons. The van der Waals surface area contributed by atoms with Crippen molar-refractivity contribution in [1.82, 2.24) is 30.1 Å². The average molecular weight is 886 g/mol. The lowest BCUT2D eigenvalue weighted by Gasteiger charge is -2.41. The molecule has 2 atom stereocenters. The number of nitrogen functional groups attached to an aromatic ring is 1. The summed E-state index contributed by atoms with van der Waals surface area (Å²) in [6, 6.07) is 14.6. The first-order chi connectivity index (χ1) is 29.7.